The van der Waals surface area contributed by atoms with E-state index in [1.54, 1.807) is 46.8 Å². The van der Waals surface area contributed by atoms with E-state index < -0.39 is 79.1 Å². The fraction of sp³-hybridized carbons (Fsp3) is 0.296. The predicted molar refractivity (Wildman–Crippen MR) is 393 cm³/mol. The van der Waals surface area contributed by atoms with Crippen molar-refractivity contribution in [3.8, 4) is 51.3 Å². The predicted octanol–water partition coefficient (Wildman–Crippen LogP) is 13.1. The third kappa shape index (κ3) is 16.7. The second kappa shape index (κ2) is 34.3. The van der Waals surface area contributed by atoms with Gasteiger partial charge in [0.05, 0.1) is 84.1 Å². The number of nitriles is 1. The standard InChI is InChI=1S/C45H51N4O8P.C36H34N2O7/c1-31(2)49(32(3)4)58(55-27-13-26-46)57-40-28-42(48-29-39(43(50)47-44(48)51)33-14-9-7-10-15-33)56-41(40)30-54-45(34-16-11-8-12-17-34,35-18-22-37(52-5)23-19-35)36-20-24-38(53-6)25-21-36;1-42-28-17-13-26(14-18-28)36(25-11-7-4-8-12-25,27-15-19-29(43-2)20-16-27)44-23-32-31(39)21-33(45-32)38-22-30(34(40)37-35(38)41)24-9-5-3-6-10-24/h7-12,14-25,29,31-32,40-42H,13,27-28,30H2,1-6H3,(H,47,50,51);3-20,22,31-33,39H,21,23H2,1-2H3,(H,37,40,41)/t40?,41-,42-,58?;31?,32-,33-/m11/s1. The molecule has 2 fully saturated rings. The number of nitrogens with zero attached hydrogens (tertiary/aromatic N) is 4. The molecular formula is C81H85N6O15P. The molecule has 7 atom stereocenters. The molecule has 0 radical (unpaired) electrons. The summed E-state index contributed by atoms with van der Waals surface area (Å²) in [6.45, 7) is 8.49. The number of aliphatic hydroxyl groups is 1. The number of nitrogens with one attached hydrogen (secondary N) is 2. The molecule has 534 valence electrons. The molecule has 4 heterocycles. The highest BCUT2D eigenvalue weighted by atomic mass is 31.2. The first kappa shape index (κ1) is 74.1. The zero-order valence-electron chi connectivity index (χ0n) is 58.7. The van der Waals surface area contributed by atoms with Gasteiger partial charge in [0.2, 0.25) is 0 Å². The maximum Gasteiger partial charge on any atom is 0.330 e. The molecule has 0 aliphatic carbocycles. The van der Waals surface area contributed by atoms with Crippen molar-refractivity contribution < 1.29 is 52.0 Å². The topological polar surface area (TPSA) is 249 Å². The summed E-state index contributed by atoms with van der Waals surface area (Å²) in [4.78, 5) is 57.1. The van der Waals surface area contributed by atoms with Crippen LogP contribution in [0.3, 0.4) is 0 Å². The van der Waals surface area contributed by atoms with Crippen LogP contribution in [0.1, 0.15) is 92.8 Å². The SMILES string of the molecule is COc1ccc(C(OC[C@H]2O[C@@H](n3cc(-c4ccccc4)c(=O)[nH]c3=O)CC2O)(c2ccccc2)c2ccc(OC)cc2)cc1.COc1ccc(C(OC[C@H]2O[C@@H](n3cc(-c4ccccc4)c(=O)[nH]c3=O)CC2OP(OCCC#N)N(C(C)C)C(C)C)(c2ccccc2)c2ccc(OC)cc2)cc1. The van der Waals surface area contributed by atoms with E-state index in [1.165, 1.54) is 15.3 Å². The van der Waals surface area contributed by atoms with Crippen LogP contribution in [-0.2, 0) is 39.2 Å². The number of hydrogen-bond acceptors (Lipinski definition) is 17. The summed E-state index contributed by atoms with van der Waals surface area (Å²) in [6, 6.07) is 71.2. The van der Waals surface area contributed by atoms with Crippen molar-refractivity contribution in [2.24, 2.45) is 0 Å². The molecule has 0 bridgehead atoms. The Labute approximate surface area is 599 Å². The van der Waals surface area contributed by atoms with Crippen LogP contribution in [0.15, 0.2) is 250 Å². The maximum absolute atomic E-state index is 13.6. The van der Waals surface area contributed by atoms with Crippen LogP contribution < -0.4 is 41.4 Å². The number of benzene rings is 8. The number of methoxy groups -OCH3 is 4. The first-order valence-electron chi connectivity index (χ1n) is 34.0. The maximum atomic E-state index is 13.6. The number of aromatic amines is 2. The van der Waals surface area contributed by atoms with Gasteiger partial charge in [-0.25, -0.2) is 14.3 Å². The lowest BCUT2D eigenvalue weighted by atomic mass is 9.80. The Morgan fingerprint density at radius 1 is 0.505 bits per heavy atom. The minimum absolute atomic E-state index is 0.00569. The second-order valence-electron chi connectivity index (χ2n) is 25.3. The van der Waals surface area contributed by atoms with Crippen LogP contribution >= 0.6 is 8.53 Å². The van der Waals surface area contributed by atoms with Gasteiger partial charge in [-0.05, 0) is 121 Å². The molecule has 2 aromatic heterocycles. The molecule has 3 N–H and O–H groups in total. The van der Waals surface area contributed by atoms with Crippen LogP contribution in [0.5, 0.6) is 23.0 Å². The summed E-state index contributed by atoms with van der Waals surface area (Å²) in [5, 5.41) is 20.5. The Morgan fingerprint density at radius 2 is 0.845 bits per heavy atom. The molecule has 2 aliphatic rings. The molecule has 10 aromatic rings. The smallest absolute Gasteiger partial charge is 0.330 e. The lowest BCUT2D eigenvalue weighted by Gasteiger charge is -2.39. The molecule has 103 heavy (non-hydrogen) atoms. The molecule has 0 spiro atoms. The van der Waals surface area contributed by atoms with Crippen molar-refractivity contribution in [3.05, 3.63) is 306 Å². The van der Waals surface area contributed by atoms with E-state index in [0.717, 1.165) is 33.4 Å². The van der Waals surface area contributed by atoms with Crippen molar-refractivity contribution in [1.82, 2.24) is 23.8 Å². The zero-order valence-corrected chi connectivity index (χ0v) is 59.6. The van der Waals surface area contributed by atoms with E-state index in [0.29, 0.717) is 45.3 Å². The lowest BCUT2D eigenvalue weighted by molar-refractivity contribution is -0.0944. The normalized spacial score (nSPS) is 17.7. The Morgan fingerprint density at radius 3 is 1.20 bits per heavy atom. The fourth-order valence-electron chi connectivity index (χ4n) is 13.2. The van der Waals surface area contributed by atoms with Gasteiger partial charge in [0.25, 0.3) is 19.6 Å². The summed E-state index contributed by atoms with van der Waals surface area (Å²) in [6.07, 6.45) is -1.12. The summed E-state index contributed by atoms with van der Waals surface area (Å²) in [5.41, 5.74) is 2.62. The fourth-order valence-corrected chi connectivity index (χ4v) is 14.9. The zero-order chi connectivity index (χ0) is 72.6. The van der Waals surface area contributed by atoms with Crippen molar-refractivity contribution >= 4 is 8.53 Å². The van der Waals surface area contributed by atoms with E-state index in [-0.39, 0.29) is 51.2 Å². The summed E-state index contributed by atoms with van der Waals surface area (Å²) in [5.74, 6) is 2.80. The largest absolute Gasteiger partial charge is 0.497 e. The Kier molecular flexibility index (Phi) is 24.7. The number of rotatable bonds is 28. The highest BCUT2D eigenvalue weighted by Crippen LogP contribution is 2.51. The van der Waals surface area contributed by atoms with Crippen LogP contribution in [0.2, 0.25) is 0 Å². The van der Waals surface area contributed by atoms with Crippen molar-refractivity contribution in [2.45, 2.75) is 107 Å². The molecule has 0 amide bonds. The van der Waals surface area contributed by atoms with E-state index in [9.17, 15) is 29.5 Å². The van der Waals surface area contributed by atoms with Gasteiger partial charge in [-0.2, -0.15) is 5.26 Å². The number of hydrogen-bond donors (Lipinski definition) is 3. The first-order chi connectivity index (χ1) is 50.0. The Hall–Kier alpha value is -10.1. The molecule has 0 saturated carbocycles. The molecule has 3 unspecified atom stereocenters. The van der Waals surface area contributed by atoms with Crippen molar-refractivity contribution in [3.63, 3.8) is 0 Å². The molecule has 8 aromatic carbocycles. The minimum atomic E-state index is -1.70. The molecule has 12 rings (SSSR count). The van der Waals surface area contributed by atoms with Crippen molar-refractivity contribution in [1.29, 1.82) is 5.26 Å². The van der Waals surface area contributed by atoms with Crippen LogP contribution in [0.25, 0.3) is 22.3 Å². The summed E-state index contributed by atoms with van der Waals surface area (Å²) in [7, 11) is 4.78. The van der Waals surface area contributed by atoms with Crippen molar-refractivity contribution in [2.75, 3.05) is 48.3 Å². The minimum Gasteiger partial charge on any atom is -0.497 e. The van der Waals surface area contributed by atoms with E-state index in [1.807, 2.05) is 206 Å². The van der Waals surface area contributed by atoms with E-state index >= 15 is 0 Å². The van der Waals surface area contributed by atoms with Gasteiger partial charge in [0.1, 0.15) is 58.9 Å². The monoisotopic (exact) mass is 1410 g/mol. The summed E-state index contributed by atoms with van der Waals surface area (Å²) < 4.78 is 67.4. The average molecular weight is 1410 g/mol. The van der Waals surface area contributed by atoms with Gasteiger partial charge in [-0.15, -0.1) is 0 Å². The molecule has 21 nitrogen and oxygen atoms in total. The van der Waals surface area contributed by atoms with Gasteiger partial charge in [0, 0.05) is 37.3 Å². The quantitative estimate of drug-likeness (QED) is 0.0234. The van der Waals surface area contributed by atoms with E-state index in [2.05, 4.69) is 48.4 Å². The number of aromatic nitrogens is 4. The van der Waals surface area contributed by atoms with E-state index in [4.69, 9.17) is 46.9 Å². The van der Waals surface area contributed by atoms with Gasteiger partial charge >= 0.3 is 11.4 Å². The molecule has 22 heteroatoms. The number of aliphatic hydroxyl groups excluding tert-OH is 1. The average Bonchev–Trinajstić information content (AvgIpc) is 0.998. The van der Waals surface area contributed by atoms with Crippen LogP contribution in [-0.4, -0.2) is 114 Å². The van der Waals surface area contributed by atoms with Crippen LogP contribution in [0.4, 0.5) is 0 Å². The number of H-pyrrole nitrogens is 2. The lowest BCUT2D eigenvalue weighted by Crippen LogP contribution is -2.39. The molecular weight excluding hydrogens is 1330 g/mol. The van der Waals surface area contributed by atoms with Gasteiger partial charge < -0.3 is 52.0 Å². The van der Waals surface area contributed by atoms with Gasteiger partial charge in [0.15, 0.2) is 0 Å². The Bertz CT molecular complexity index is 4550. The highest BCUT2D eigenvalue weighted by molar-refractivity contribution is 7.44. The molecule has 2 aliphatic heterocycles. The highest BCUT2D eigenvalue weighted by Gasteiger charge is 2.46. The first-order valence-corrected chi connectivity index (χ1v) is 35.2. The van der Waals surface area contributed by atoms with Gasteiger partial charge in [-0.1, -0.05) is 170 Å². The molecule has 2 saturated heterocycles. The number of ether oxygens (including phenoxy) is 8. The second-order valence-corrected chi connectivity index (χ2v) is 26.7. The Balaban J connectivity index is 0.000000213. The third-order valence-corrected chi connectivity index (χ3v) is 20.4. The van der Waals surface area contributed by atoms with Crippen LogP contribution in [0, 0.1) is 11.3 Å². The third-order valence-electron chi connectivity index (χ3n) is 18.3. The van der Waals surface area contributed by atoms with Gasteiger partial charge in [-0.3, -0.25) is 28.7 Å². The summed E-state index contributed by atoms with van der Waals surface area (Å²) >= 11 is 0.